The smallest absolute Gasteiger partial charge is 0.227 e. The van der Waals surface area contributed by atoms with E-state index in [1.165, 1.54) is 39.6 Å². The van der Waals surface area contributed by atoms with Crippen molar-refractivity contribution in [3.63, 3.8) is 0 Å². The lowest BCUT2D eigenvalue weighted by Gasteiger charge is -2.30. The minimum Gasteiger partial charge on any atom is -0.619 e. The van der Waals surface area contributed by atoms with Gasteiger partial charge < -0.3 is 10.1 Å². The van der Waals surface area contributed by atoms with Gasteiger partial charge in [0.05, 0.1) is 12.1 Å². The quantitative estimate of drug-likeness (QED) is 0.410. The maximum atomic E-state index is 12.8. The molecule has 0 radical (unpaired) electrons. The Morgan fingerprint density at radius 3 is 2.72 bits per heavy atom. The van der Waals surface area contributed by atoms with Gasteiger partial charge in [-0.25, -0.2) is 0 Å². The Labute approximate surface area is 196 Å². The Morgan fingerprint density at radius 1 is 1.16 bits per heavy atom. The average molecular weight is 464 g/mol. The standard InChI is InChI=1S/C25H22ClN3O2S/c26-20-3-4-21-22(15-20)32-16-19-2-1-9-27-25(19)24(21)18-7-10-28(11-8-18)23(30)14-17-5-12-29(31)13-6-17/h1-6,9,12-13,15H,7-8,10-11,14,16H2. The first-order chi connectivity index (χ1) is 15.6. The molecule has 2 aliphatic rings. The van der Waals surface area contributed by atoms with Crippen molar-refractivity contribution in [2.75, 3.05) is 13.1 Å². The van der Waals surface area contributed by atoms with Gasteiger partial charge in [0.15, 0.2) is 12.4 Å². The molecule has 0 saturated carbocycles. The fourth-order valence-corrected chi connectivity index (χ4v) is 5.68. The maximum absolute atomic E-state index is 12.8. The van der Waals surface area contributed by atoms with E-state index in [0.717, 1.165) is 39.6 Å². The molecule has 2 aliphatic heterocycles. The molecule has 1 saturated heterocycles. The van der Waals surface area contributed by atoms with E-state index in [4.69, 9.17) is 16.6 Å². The molecule has 0 bridgehead atoms. The number of carbonyl (C=O) groups is 1. The predicted molar refractivity (Wildman–Crippen MR) is 126 cm³/mol. The van der Waals surface area contributed by atoms with E-state index in [2.05, 4.69) is 12.1 Å². The second-order valence-corrected chi connectivity index (χ2v) is 9.50. The number of carbonyl (C=O) groups excluding carboxylic acids is 1. The number of piperidine rings is 1. The van der Waals surface area contributed by atoms with Gasteiger partial charge in [0.25, 0.3) is 0 Å². The lowest BCUT2D eigenvalue weighted by atomic mass is 9.89. The zero-order chi connectivity index (χ0) is 22.1. The molecule has 162 valence electrons. The number of thioether (sulfide) groups is 1. The first-order valence-corrected chi connectivity index (χ1v) is 12.0. The highest BCUT2D eigenvalue weighted by Crippen LogP contribution is 2.43. The van der Waals surface area contributed by atoms with Crippen molar-refractivity contribution in [1.29, 1.82) is 0 Å². The number of fused-ring (bicyclic) bond motifs is 2. The molecule has 1 fully saturated rings. The van der Waals surface area contributed by atoms with Crippen molar-refractivity contribution >= 4 is 34.8 Å². The molecule has 1 amide bonds. The molecule has 0 N–H and O–H groups in total. The first kappa shape index (κ1) is 21.0. The first-order valence-electron chi connectivity index (χ1n) is 10.6. The van der Waals surface area contributed by atoms with Crippen LogP contribution in [0, 0.1) is 5.21 Å². The van der Waals surface area contributed by atoms with Crippen LogP contribution in [0.15, 0.2) is 71.5 Å². The second kappa shape index (κ2) is 8.96. The van der Waals surface area contributed by atoms with Crippen molar-refractivity contribution in [3.05, 3.63) is 99.2 Å². The molecule has 0 atom stereocenters. The third-order valence-electron chi connectivity index (χ3n) is 6.02. The molecule has 0 unspecified atom stereocenters. The maximum Gasteiger partial charge on any atom is 0.227 e. The Bertz CT molecular complexity index is 1200. The number of amides is 1. The normalized spacial score (nSPS) is 15.7. The van der Waals surface area contributed by atoms with E-state index in [1.54, 1.807) is 23.9 Å². The highest BCUT2D eigenvalue weighted by molar-refractivity contribution is 7.98. The molecule has 3 aromatic rings. The van der Waals surface area contributed by atoms with E-state index >= 15 is 0 Å². The Hall–Kier alpha value is -2.83. The van der Waals surface area contributed by atoms with Crippen molar-refractivity contribution in [1.82, 2.24) is 9.88 Å². The van der Waals surface area contributed by atoms with Gasteiger partial charge in [-0.2, -0.15) is 4.73 Å². The minimum absolute atomic E-state index is 0.0971. The number of likely N-dealkylation sites (tertiary alicyclic amines) is 1. The summed E-state index contributed by atoms with van der Waals surface area (Å²) in [5.74, 6) is 0.957. The van der Waals surface area contributed by atoms with Crippen LogP contribution < -0.4 is 4.73 Å². The number of rotatable bonds is 2. The van der Waals surface area contributed by atoms with Gasteiger partial charge >= 0.3 is 0 Å². The van der Waals surface area contributed by atoms with Crippen LogP contribution in [0.2, 0.25) is 5.02 Å². The number of halogens is 1. The van der Waals surface area contributed by atoms with Crippen molar-refractivity contribution in [2.45, 2.75) is 29.9 Å². The van der Waals surface area contributed by atoms with E-state index in [1.807, 2.05) is 29.3 Å². The molecule has 7 heteroatoms. The molecule has 5 rings (SSSR count). The molecular formula is C25H22ClN3O2S. The monoisotopic (exact) mass is 463 g/mol. The molecule has 5 nitrogen and oxygen atoms in total. The SMILES string of the molecule is O=C(Cc1cc[n+]([O-])cc1)N1CCC(=C2c3ccc(Cl)cc3SCc3cccnc32)CC1. The van der Waals surface area contributed by atoms with Crippen LogP contribution in [-0.4, -0.2) is 28.9 Å². The summed E-state index contributed by atoms with van der Waals surface area (Å²) in [5, 5.41) is 12.0. The van der Waals surface area contributed by atoms with Gasteiger partial charge in [0.2, 0.25) is 5.91 Å². The largest absolute Gasteiger partial charge is 0.619 e. The van der Waals surface area contributed by atoms with E-state index in [9.17, 15) is 10.0 Å². The second-order valence-electron chi connectivity index (χ2n) is 8.04. The fourth-order valence-electron chi connectivity index (χ4n) is 4.37. The summed E-state index contributed by atoms with van der Waals surface area (Å²) in [6, 6.07) is 13.6. The number of nitrogens with zero attached hydrogens (tertiary/aromatic N) is 3. The zero-order valence-corrected chi connectivity index (χ0v) is 19.0. The average Bonchev–Trinajstić information content (AvgIpc) is 2.97. The summed E-state index contributed by atoms with van der Waals surface area (Å²) in [7, 11) is 0. The molecule has 0 spiro atoms. The van der Waals surface area contributed by atoms with E-state index in [-0.39, 0.29) is 5.91 Å². The van der Waals surface area contributed by atoms with Gasteiger partial charge in [-0.15, -0.1) is 11.8 Å². The van der Waals surface area contributed by atoms with Gasteiger partial charge in [-0.05, 0) is 47.7 Å². The summed E-state index contributed by atoms with van der Waals surface area (Å²) in [6.07, 6.45) is 6.67. The summed E-state index contributed by atoms with van der Waals surface area (Å²) in [6.45, 7) is 1.37. The number of pyridine rings is 2. The Kier molecular flexibility index (Phi) is 5.89. The Morgan fingerprint density at radius 2 is 1.94 bits per heavy atom. The van der Waals surface area contributed by atoms with Crippen LogP contribution in [0.5, 0.6) is 0 Å². The van der Waals surface area contributed by atoms with Crippen LogP contribution in [0.4, 0.5) is 0 Å². The summed E-state index contributed by atoms with van der Waals surface area (Å²) in [4.78, 5) is 20.7. The minimum atomic E-state index is 0.0971. The molecular weight excluding hydrogens is 442 g/mol. The number of benzene rings is 1. The van der Waals surface area contributed by atoms with Crippen LogP contribution in [0.1, 0.15) is 35.2 Å². The number of hydrogen-bond acceptors (Lipinski definition) is 4. The number of aromatic nitrogens is 2. The molecule has 1 aromatic carbocycles. The lowest BCUT2D eigenvalue weighted by molar-refractivity contribution is -0.605. The zero-order valence-electron chi connectivity index (χ0n) is 17.5. The molecule has 2 aromatic heterocycles. The van der Waals surface area contributed by atoms with E-state index < -0.39 is 0 Å². The highest BCUT2D eigenvalue weighted by Gasteiger charge is 2.26. The fraction of sp³-hybridized carbons (Fsp3) is 0.240. The summed E-state index contributed by atoms with van der Waals surface area (Å²) >= 11 is 8.09. The van der Waals surface area contributed by atoms with Crippen LogP contribution in [-0.2, 0) is 17.0 Å². The van der Waals surface area contributed by atoms with Crippen LogP contribution >= 0.6 is 23.4 Å². The van der Waals surface area contributed by atoms with Gasteiger partial charge in [-0.1, -0.05) is 29.3 Å². The van der Waals surface area contributed by atoms with Crippen molar-refractivity contribution in [2.24, 2.45) is 0 Å². The lowest BCUT2D eigenvalue weighted by Crippen LogP contribution is -2.37. The van der Waals surface area contributed by atoms with Gasteiger partial charge in [0, 0.05) is 52.7 Å². The Balaban J connectivity index is 1.42. The van der Waals surface area contributed by atoms with Crippen molar-refractivity contribution < 1.29 is 9.52 Å². The highest BCUT2D eigenvalue weighted by atomic mass is 35.5. The molecule has 32 heavy (non-hydrogen) atoms. The third kappa shape index (κ3) is 4.25. The van der Waals surface area contributed by atoms with Crippen molar-refractivity contribution in [3.8, 4) is 0 Å². The summed E-state index contributed by atoms with van der Waals surface area (Å²) in [5.41, 5.74) is 6.86. The predicted octanol–water partition coefficient (Wildman–Crippen LogP) is 4.64. The van der Waals surface area contributed by atoms with Gasteiger partial charge in [-0.3, -0.25) is 9.78 Å². The van der Waals surface area contributed by atoms with Crippen LogP contribution in [0.3, 0.4) is 0 Å². The summed E-state index contributed by atoms with van der Waals surface area (Å²) < 4.78 is 0.731. The molecule has 0 aliphatic carbocycles. The third-order valence-corrected chi connectivity index (χ3v) is 7.36. The molecule has 4 heterocycles. The topological polar surface area (TPSA) is 60.1 Å². The van der Waals surface area contributed by atoms with Gasteiger partial charge in [0.1, 0.15) is 0 Å². The van der Waals surface area contributed by atoms with Crippen LogP contribution in [0.25, 0.3) is 5.57 Å². The number of hydrogen-bond donors (Lipinski definition) is 0. The van der Waals surface area contributed by atoms with E-state index in [0.29, 0.717) is 19.5 Å².